The first-order chi connectivity index (χ1) is 7.82. The van der Waals surface area contributed by atoms with Gasteiger partial charge in [0.1, 0.15) is 0 Å². The maximum absolute atomic E-state index is 10.9. The first-order valence-electron chi connectivity index (χ1n) is 4.48. The number of nitrogens with zero attached hydrogens (tertiary/aromatic N) is 2. The number of hydrazine groups is 2. The number of benzene rings is 1. The van der Waals surface area contributed by atoms with Crippen LogP contribution in [0.25, 0.3) is 0 Å². The number of rotatable bonds is 2. The van der Waals surface area contributed by atoms with Gasteiger partial charge >= 0.3 is 12.1 Å². The predicted molar refractivity (Wildman–Crippen MR) is 63.4 cm³/mol. The van der Waals surface area contributed by atoms with Gasteiger partial charge < -0.3 is 11.5 Å². The van der Waals surface area contributed by atoms with Crippen LogP contribution in [0.15, 0.2) is 18.2 Å². The highest BCUT2D eigenvalue weighted by Crippen LogP contribution is 2.22. The molecule has 17 heavy (non-hydrogen) atoms. The van der Waals surface area contributed by atoms with Crippen LogP contribution in [0.5, 0.6) is 0 Å². The summed E-state index contributed by atoms with van der Waals surface area (Å²) < 4.78 is 0. The normalized spacial score (nSPS) is 9.82. The van der Waals surface area contributed by atoms with E-state index >= 15 is 0 Å². The third kappa shape index (κ3) is 2.83. The van der Waals surface area contributed by atoms with Crippen LogP contribution in [0.1, 0.15) is 5.56 Å². The Bertz CT molecular complexity index is 423. The van der Waals surface area contributed by atoms with Crippen molar-refractivity contribution in [1.82, 2.24) is 0 Å². The van der Waals surface area contributed by atoms with Crippen LogP contribution in [-0.4, -0.2) is 12.1 Å². The summed E-state index contributed by atoms with van der Waals surface area (Å²) in [6, 6.07) is 2.67. The molecule has 0 saturated heterocycles. The highest BCUT2D eigenvalue weighted by atomic mass is 16.2. The second-order valence-electron chi connectivity index (χ2n) is 3.27. The molecule has 8 nitrogen and oxygen atoms in total. The minimum atomic E-state index is -0.857. The Morgan fingerprint density at radius 3 is 1.59 bits per heavy atom. The number of nitrogens with two attached hydrogens (primary N) is 4. The molecule has 91 valence electrons. The van der Waals surface area contributed by atoms with Crippen molar-refractivity contribution in [2.45, 2.75) is 0 Å². The van der Waals surface area contributed by atoms with Crippen molar-refractivity contribution >= 4 is 23.4 Å². The molecule has 0 aliphatic heterocycles. The van der Waals surface area contributed by atoms with E-state index in [9.17, 15) is 9.59 Å². The minimum Gasteiger partial charge on any atom is -0.350 e. The SMILES string of the molecule is [CH2]c1cc(N(N)C(N)=O)cc(N(N)C(N)=O)c1. The molecule has 0 aliphatic carbocycles. The van der Waals surface area contributed by atoms with Gasteiger partial charge in [0.15, 0.2) is 0 Å². The molecule has 0 unspecified atom stereocenters. The maximum atomic E-state index is 10.9. The van der Waals surface area contributed by atoms with Crippen molar-refractivity contribution in [2.24, 2.45) is 23.2 Å². The fourth-order valence-corrected chi connectivity index (χ4v) is 1.19. The molecular formula is C9H13N6O2. The Labute approximate surface area is 97.7 Å². The van der Waals surface area contributed by atoms with Crippen LogP contribution in [0.2, 0.25) is 0 Å². The molecule has 4 amide bonds. The van der Waals surface area contributed by atoms with Crippen molar-refractivity contribution in [3.05, 3.63) is 30.7 Å². The number of anilines is 2. The Kier molecular flexibility index (Phi) is 3.51. The Hall–Kier alpha value is -2.32. The van der Waals surface area contributed by atoms with Gasteiger partial charge in [-0.2, -0.15) is 0 Å². The van der Waals surface area contributed by atoms with E-state index in [-0.39, 0.29) is 11.4 Å². The van der Waals surface area contributed by atoms with Gasteiger partial charge in [0, 0.05) is 0 Å². The average molecular weight is 237 g/mol. The Morgan fingerprint density at radius 1 is 0.941 bits per heavy atom. The Balaban J connectivity index is 3.19. The molecule has 0 aromatic heterocycles. The number of hydrogen-bond donors (Lipinski definition) is 4. The number of hydrogen-bond acceptors (Lipinski definition) is 4. The van der Waals surface area contributed by atoms with E-state index in [1.54, 1.807) is 0 Å². The fraction of sp³-hybridized carbons (Fsp3) is 0. The van der Waals surface area contributed by atoms with Crippen LogP contribution in [-0.2, 0) is 0 Å². The highest BCUT2D eigenvalue weighted by molar-refractivity contribution is 5.93. The van der Waals surface area contributed by atoms with Gasteiger partial charge in [-0.25, -0.2) is 31.3 Å². The zero-order chi connectivity index (χ0) is 13.2. The molecule has 0 bridgehead atoms. The van der Waals surface area contributed by atoms with Gasteiger partial charge in [-0.3, -0.25) is 0 Å². The molecule has 0 fully saturated rings. The van der Waals surface area contributed by atoms with Crippen LogP contribution < -0.4 is 33.2 Å². The molecule has 8 heteroatoms. The topological polar surface area (TPSA) is 145 Å². The molecule has 1 aromatic carbocycles. The predicted octanol–water partition coefficient (Wildman–Crippen LogP) is -0.614. The van der Waals surface area contributed by atoms with Gasteiger partial charge in [0.25, 0.3) is 0 Å². The third-order valence-electron chi connectivity index (χ3n) is 1.99. The van der Waals surface area contributed by atoms with Crippen LogP contribution in [0.4, 0.5) is 21.0 Å². The second kappa shape index (κ2) is 4.68. The number of primary amides is 2. The Morgan fingerprint density at radius 2 is 1.29 bits per heavy atom. The molecule has 1 radical (unpaired) electrons. The summed E-state index contributed by atoms with van der Waals surface area (Å²) in [7, 11) is 0. The maximum Gasteiger partial charge on any atom is 0.333 e. The first kappa shape index (κ1) is 12.7. The number of urea groups is 2. The van der Waals surface area contributed by atoms with E-state index in [1.165, 1.54) is 18.2 Å². The van der Waals surface area contributed by atoms with Gasteiger partial charge in [0.05, 0.1) is 11.4 Å². The van der Waals surface area contributed by atoms with E-state index in [0.29, 0.717) is 15.6 Å². The summed E-state index contributed by atoms with van der Waals surface area (Å²) in [6.07, 6.45) is 0. The number of carbonyl (C=O) groups is 2. The molecule has 8 N–H and O–H groups in total. The zero-order valence-corrected chi connectivity index (χ0v) is 8.96. The number of amides is 4. The molecule has 1 aromatic rings. The minimum absolute atomic E-state index is 0.247. The smallest absolute Gasteiger partial charge is 0.333 e. The van der Waals surface area contributed by atoms with Gasteiger partial charge in [0.2, 0.25) is 0 Å². The highest BCUT2D eigenvalue weighted by Gasteiger charge is 2.13. The van der Waals surface area contributed by atoms with E-state index in [0.717, 1.165) is 0 Å². The molecule has 0 aliphatic rings. The van der Waals surface area contributed by atoms with Crippen molar-refractivity contribution in [1.29, 1.82) is 0 Å². The van der Waals surface area contributed by atoms with E-state index < -0.39 is 12.1 Å². The van der Waals surface area contributed by atoms with Crippen LogP contribution in [0, 0.1) is 6.92 Å². The summed E-state index contributed by atoms with van der Waals surface area (Å²) >= 11 is 0. The molecule has 1 rings (SSSR count). The lowest BCUT2D eigenvalue weighted by molar-refractivity contribution is 0.253. The van der Waals surface area contributed by atoms with Gasteiger partial charge in [-0.05, 0) is 30.7 Å². The average Bonchev–Trinajstić information content (AvgIpc) is 2.25. The van der Waals surface area contributed by atoms with Gasteiger partial charge in [-0.1, -0.05) is 0 Å². The third-order valence-corrected chi connectivity index (χ3v) is 1.99. The molecular weight excluding hydrogens is 224 g/mol. The lowest BCUT2D eigenvalue weighted by atomic mass is 10.2. The molecule has 0 spiro atoms. The summed E-state index contributed by atoms with van der Waals surface area (Å²) in [4.78, 5) is 21.8. The summed E-state index contributed by atoms with van der Waals surface area (Å²) in [5.41, 5.74) is 11.0. The second-order valence-corrected chi connectivity index (χ2v) is 3.27. The summed E-state index contributed by atoms with van der Waals surface area (Å²) in [6.45, 7) is 3.66. The largest absolute Gasteiger partial charge is 0.350 e. The first-order valence-corrected chi connectivity index (χ1v) is 4.48. The lowest BCUT2D eigenvalue weighted by Crippen LogP contribution is -2.43. The zero-order valence-electron chi connectivity index (χ0n) is 8.96. The fourth-order valence-electron chi connectivity index (χ4n) is 1.19. The van der Waals surface area contributed by atoms with Crippen LogP contribution in [0.3, 0.4) is 0 Å². The summed E-state index contributed by atoms with van der Waals surface area (Å²) in [5.74, 6) is 10.8. The van der Waals surface area contributed by atoms with Crippen molar-refractivity contribution in [2.75, 3.05) is 10.0 Å². The summed E-state index contributed by atoms with van der Waals surface area (Å²) in [5, 5.41) is 1.40. The van der Waals surface area contributed by atoms with Crippen LogP contribution >= 0.6 is 0 Å². The van der Waals surface area contributed by atoms with Crippen molar-refractivity contribution in [3.63, 3.8) is 0 Å². The monoisotopic (exact) mass is 237 g/mol. The van der Waals surface area contributed by atoms with E-state index in [1.807, 2.05) is 0 Å². The molecule has 0 atom stereocenters. The molecule has 0 saturated carbocycles. The van der Waals surface area contributed by atoms with Gasteiger partial charge in [-0.15, -0.1) is 0 Å². The van der Waals surface area contributed by atoms with E-state index in [2.05, 4.69) is 6.92 Å². The standard InChI is InChI=1S/C9H13N6O2/c1-5-2-6(14(12)8(10)16)4-7(3-5)15(13)9(11)17/h2-4H,1,12-13H2,(H2,10,16)(H2,11,17). The molecule has 0 heterocycles. The lowest BCUT2D eigenvalue weighted by Gasteiger charge is -2.19. The number of carbonyl (C=O) groups excluding carboxylic acids is 2. The van der Waals surface area contributed by atoms with E-state index in [4.69, 9.17) is 23.2 Å². The quantitative estimate of drug-likeness (QED) is 0.308. The van der Waals surface area contributed by atoms with Crippen molar-refractivity contribution < 1.29 is 9.59 Å². The van der Waals surface area contributed by atoms with Crippen molar-refractivity contribution in [3.8, 4) is 0 Å².